The molecule has 8 heteroatoms. The van der Waals surface area contributed by atoms with Crippen LogP contribution in [0.3, 0.4) is 0 Å². The Morgan fingerprint density at radius 1 is 1.44 bits per heavy atom. The van der Waals surface area contributed by atoms with Gasteiger partial charge in [0.15, 0.2) is 5.15 Å². The van der Waals surface area contributed by atoms with Crippen molar-refractivity contribution >= 4 is 27.5 Å². The van der Waals surface area contributed by atoms with Crippen LogP contribution in [0.25, 0.3) is 0 Å². The second-order valence-electron chi connectivity index (χ2n) is 3.91. The Labute approximate surface area is 111 Å². The Morgan fingerprint density at radius 3 is 2.72 bits per heavy atom. The first kappa shape index (κ1) is 13.5. The molecule has 1 aromatic rings. The van der Waals surface area contributed by atoms with Crippen LogP contribution in [0.1, 0.15) is 5.56 Å². The van der Waals surface area contributed by atoms with Crippen LogP contribution in [0.2, 0.25) is 5.15 Å². The van der Waals surface area contributed by atoms with E-state index in [2.05, 4.69) is 9.71 Å². The average molecular weight is 292 g/mol. The van der Waals surface area contributed by atoms with Gasteiger partial charge in [-0.25, -0.2) is 4.98 Å². The minimum absolute atomic E-state index is 0.145. The van der Waals surface area contributed by atoms with Gasteiger partial charge >= 0.3 is 10.2 Å². The van der Waals surface area contributed by atoms with Crippen molar-refractivity contribution in [1.29, 1.82) is 0 Å². The van der Waals surface area contributed by atoms with Crippen molar-refractivity contribution in [2.75, 3.05) is 31.0 Å². The molecule has 1 aliphatic heterocycles. The molecule has 1 aliphatic rings. The van der Waals surface area contributed by atoms with Gasteiger partial charge in [-0.05, 0) is 18.6 Å². The zero-order valence-corrected chi connectivity index (χ0v) is 11.5. The quantitative estimate of drug-likeness (QED) is 0.845. The summed E-state index contributed by atoms with van der Waals surface area (Å²) in [6.07, 6.45) is 1.53. The number of halogens is 1. The summed E-state index contributed by atoms with van der Waals surface area (Å²) in [7, 11) is -3.60. The number of morpholine rings is 1. The first-order valence-corrected chi connectivity index (χ1v) is 7.29. The van der Waals surface area contributed by atoms with Crippen molar-refractivity contribution in [3.63, 3.8) is 0 Å². The van der Waals surface area contributed by atoms with Crippen molar-refractivity contribution in [3.05, 3.63) is 23.0 Å². The summed E-state index contributed by atoms with van der Waals surface area (Å²) in [6.45, 7) is 3.25. The molecule has 0 amide bonds. The second-order valence-corrected chi connectivity index (χ2v) is 5.94. The lowest BCUT2D eigenvalue weighted by Crippen LogP contribution is -2.43. The van der Waals surface area contributed by atoms with Crippen LogP contribution in [0.4, 0.5) is 5.69 Å². The predicted molar refractivity (Wildman–Crippen MR) is 68.9 cm³/mol. The van der Waals surface area contributed by atoms with Crippen molar-refractivity contribution in [1.82, 2.24) is 9.29 Å². The lowest BCUT2D eigenvalue weighted by Gasteiger charge is -2.26. The van der Waals surface area contributed by atoms with E-state index in [0.29, 0.717) is 32.0 Å². The van der Waals surface area contributed by atoms with Crippen LogP contribution in [-0.2, 0) is 14.9 Å². The number of ether oxygens (including phenoxy) is 1. The molecule has 0 saturated carbocycles. The summed E-state index contributed by atoms with van der Waals surface area (Å²) >= 11 is 5.89. The minimum atomic E-state index is -3.60. The van der Waals surface area contributed by atoms with E-state index in [9.17, 15) is 8.42 Å². The largest absolute Gasteiger partial charge is 0.379 e. The fraction of sp³-hybridized carbons (Fsp3) is 0.500. The molecule has 1 fully saturated rings. The van der Waals surface area contributed by atoms with Crippen molar-refractivity contribution in [3.8, 4) is 0 Å². The van der Waals surface area contributed by atoms with Gasteiger partial charge in [-0.1, -0.05) is 11.6 Å². The third kappa shape index (κ3) is 2.92. The van der Waals surface area contributed by atoms with Gasteiger partial charge < -0.3 is 4.74 Å². The monoisotopic (exact) mass is 291 g/mol. The first-order chi connectivity index (χ1) is 8.50. The van der Waals surface area contributed by atoms with Crippen LogP contribution in [0, 0.1) is 6.92 Å². The van der Waals surface area contributed by atoms with Gasteiger partial charge in [-0.15, -0.1) is 0 Å². The molecule has 18 heavy (non-hydrogen) atoms. The summed E-state index contributed by atoms with van der Waals surface area (Å²) in [5, 5.41) is 0.145. The van der Waals surface area contributed by atoms with Crippen molar-refractivity contribution in [2.45, 2.75) is 6.92 Å². The first-order valence-electron chi connectivity index (χ1n) is 5.47. The zero-order chi connectivity index (χ0) is 13.2. The highest BCUT2D eigenvalue weighted by atomic mass is 35.5. The molecular formula is C10H14ClN3O3S. The number of hydrogen-bond acceptors (Lipinski definition) is 4. The van der Waals surface area contributed by atoms with Crippen LogP contribution < -0.4 is 4.72 Å². The SMILES string of the molecule is Cc1ccnc(Cl)c1NS(=O)(=O)N1CCOCC1. The third-order valence-electron chi connectivity index (χ3n) is 2.65. The molecule has 0 atom stereocenters. The Hall–Kier alpha value is -0.890. The van der Waals surface area contributed by atoms with E-state index in [1.807, 2.05) is 0 Å². The number of aryl methyl sites for hydroxylation is 1. The highest BCUT2D eigenvalue weighted by Gasteiger charge is 2.25. The maximum atomic E-state index is 12.1. The van der Waals surface area contributed by atoms with Gasteiger partial charge in [0.1, 0.15) is 0 Å². The Morgan fingerprint density at radius 2 is 2.11 bits per heavy atom. The normalized spacial score (nSPS) is 17.7. The molecule has 0 aliphatic carbocycles. The van der Waals surface area contributed by atoms with Gasteiger partial charge in [-0.2, -0.15) is 12.7 Å². The number of hydrogen-bond donors (Lipinski definition) is 1. The standard InChI is InChI=1S/C10H14ClN3O3S/c1-8-2-3-12-10(11)9(8)13-18(15,16)14-4-6-17-7-5-14/h2-3,13H,4-7H2,1H3. The van der Waals surface area contributed by atoms with Crippen molar-refractivity contribution in [2.24, 2.45) is 0 Å². The molecule has 1 aromatic heterocycles. The van der Waals surface area contributed by atoms with E-state index in [1.165, 1.54) is 10.5 Å². The van der Waals surface area contributed by atoms with Crippen LogP contribution >= 0.6 is 11.6 Å². The summed E-state index contributed by atoms with van der Waals surface area (Å²) in [5.41, 5.74) is 1.05. The highest BCUT2D eigenvalue weighted by molar-refractivity contribution is 7.90. The molecule has 0 radical (unpaired) electrons. The molecule has 0 unspecified atom stereocenters. The van der Waals surface area contributed by atoms with E-state index < -0.39 is 10.2 Å². The van der Waals surface area contributed by atoms with E-state index in [1.54, 1.807) is 13.0 Å². The molecule has 2 rings (SSSR count). The maximum Gasteiger partial charge on any atom is 0.301 e. The summed E-state index contributed by atoms with van der Waals surface area (Å²) < 4.78 is 33.2. The van der Waals surface area contributed by atoms with Crippen molar-refractivity contribution < 1.29 is 13.2 Å². The molecule has 1 N–H and O–H groups in total. The van der Waals surface area contributed by atoms with Gasteiger partial charge in [0.2, 0.25) is 0 Å². The van der Waals surface area contributed by atoms with Crippen LogP contribution in [-0.4, -0.2) is 44.0 Å². The van der Waals surface area contributed by atoms with E-state index in [4.69, 9.17) is 16.3 Å². The van der Waals surface area contributed by atoms with Gasteiger partial charge in [0, 0.05) is 19.3 Å². The fourth-order valence-electron chi connectivity index (χ4n) is 1.63. The summed E-state index contributed by atoms with van der Waals surface area (Å²) in [4.78, 5) is 3.86. The number of aromatic nitrogens is 1. The number of rotatable bonds is 3. The molecular weight excluding hydrogens is 278 g/mol. The van der Waals surface area contributed by atoms with Gasteiger partial charge in [0.25, 0.3) is 0 Å². The average Bonchev–Trinajstić information content (AvgIpc) is 2.35. The Kier molecular flexibility index (Phi) is 4.06. The Balaban J connectivity index is 2.22. The number of pyridine rings is 1. The molecule has 2 heterocycles. The molecule has 0 bridgehead atoms. The van der Waals surface area contributed by atoms with Crippen LogP contribution in [0.5, 0.6) is 0 Å². The molecule has 0 aromatic carbocycles. The molecule has 0 spiro atoms. The van der Waals surface area contributed by atoms with Gasteiger partial charge in [0.05, 0.1) is 18.9 Å². The predicted octanol–water partition coefficient (Wildman–Crippen LogP) is 1.03. The lowest BCUT2D eigenvalue weighted by molar-refractivity contribution is 0.0733. The number of nitrogens with one attached hydrogen (secondary N) is 1. The fourth-order valence-corrected chi connectivity index (χ4v) is 3.21. The minimum Gasteiger partial charge on any atom is -0.379 e. The van der Waals surface area contributed by atoms with E-state index >= 15 is 0 Å². The zero-order valence-electron chi connectivity index (χ0n) is 9.89. The van der Waals surface area contributed by atoms with Gasteiger partial charge in [-0.3, -0.25) is 4.72 Å². The van der Waals surface area contributed by atoms with E-state index in [-0.39, 0.29) is 5.15 Å². The smallest absolute Gasteiger partial charge is 0.301 e. The van der Waals surface area contributed by atoms with E-state index in [0.717, 1.165) is 5.56 Å². The number of anilines is 1. The lowest BCUT2D eigenvalue weighted by atomic mass is 10.3. The maximum absolute atomic E-state index is 12.1. The second kappa shape index (κ2) is 5.40. The molecule has 100 valence electrons. The molecule has 6 nitrogen and oxygen atoms in total. The highest BCUT2D eigenvalue weighted by Crippen LogP contribution is 2.24. The summed E-state index contributed by atoms with van der Waals surface area (Å²) in [6, 6.07) is 1.70. The number of nitrogens with zero attached hydrogens (tertiary/aromatic N) is 2. The van der Waals surface area contributed by atoms with Crippen LogP contribution in [0.15, 0.2) is 12.3 Å². The molecule has 1 saturated heterocycles. The topological polar surface area (TPSA) is 71.5 Å². The third-order valence-corrected chi connectivity index (χ3v) is 4.45. The summed E-state index contributed by atoms with van der Waals surface area (Å²) in [5.74, 6) is 0. The Bertz CT molecular complexity index is 509.